The largest absolute Gasteiger partial charge is 0.406 e. The first-order valence-corrected chi connectivity index (χ1v) is 5.90. The monoisotopic (exact) mass is 252 g/mol. The first-order chi connectivity index (χ1) is 7.73. The van der Waals surface area contributed by atoms with E-state index < -0.39 is 24.2 Å². The third kappa shape index (κ3) is 3.59. The molecule has 0 spiro atoms. The highest BCUT2D eigenvalue weighted by Gasteiger charge is 2.45. The molecule has 1 aliphatic rings. The Balaban J connectivity index is 2.80. The number of hydrogen-bond acceptors (Lipinski definition) is 2. The average Bonchev–Trinajstić information content (AvgIpc) is 3.06. The van der Waals surface area contributed by atoms with Gasteiger partial charge in [-0.3, -0.25) is 4.79 Å². The van der Waals surface area contributed by atoms with Gasteiger partial charge in [0.05, 0.1) is 5.54 Å². The van der Waals surface area contributed by atoms with Crippen molar-refractivity contribution in [3.63, 3.8) is 0 Å². The Hall–Kier alpha value is -0.780. The van der Waals surface area contributed by atoms with Crippen LogP contribution in [0.15, 0.2) is 0 Å². The van der Waals surface area contributed by atoms with Crippen molar-refractivity contribution < 1.29 is 18.0 Å². The average molecular weight is 252 g/mol. The molecule has 0 heterocycles. The Kier molecular flexibility index (Phi) is 4.06. The summed E-state index contributed by atoms with van der Waals surface area (Å²) in [5.41, 5.74) is 4.71. The van der Waals surface area contributed by atoms with E-state index in [1.54, 1.807) is 13.8 Å². The van der Waals surface area contributed by atoms with Crippen LogP contribution in [0.5, 0.6) is 0 Å². The minimum atomic E-state index is -4.36. The van der Waals surface area contributed by atoms with Gasteiger partial charge in [-0.15, -0.1) is 0 Å². The first kappa shape index (κ1) is 14.3. The van der Waals surface area contributed by atoms with E-state index in [4.69, 9.17) is 5.73 Å². The fraction of sp³-hybridized carbons (Fsp3) is 0.909. The van der Waals surface area contributed by atoms with Crippen molar-refractivity contribution in [1.29, 1.82) is 0 Å². The molecule has 0 saturated heterocycles. The molecule has 2 N–H and O–H groups in total. The van der Waals surface area contributed by atoms with Crippen LogP contribution in [0.1, 0.15) is 39.5 Å². The van der Waals surface area contributed by atoms with Crippen LogP contribution in [0.25, 0.3) is 0 Å². The molecule has 0 aromatic carbocycles. The van der Waals surface area contributed by atoms with Gasteiger partial charge in [0.2, 0.25) is 5.91 Å². The van der Waals surface area contributed by atoms with Gasteiger partial charge in [-0.2, -0.15) is 13.2 Å². The molecular weight excluding hydrogens is 233 g/mol. The number of carbonyl (C=O) groups excluding carboxylic acids is 1. The number of alkyl halides is 3. The van der Waals surface area contributed by atoms with Crippen molar-refractivity contribution in [2.24, 2.45) is 5.73 Å². The van der Waals surface area contributed by atoms with Gasteiger partial charge in [0, 0.05) is 6.04 Å². The van der Waals surface area contributed by atoms with Crippen LogP contribution in [0, 0.1) is 0 Å². The van der Waals surface area contributed by atoms with Gasteiger partial charge in [0.1, 0.15) is 6.54 Å². The van der Waals surface area contributed by atoms with Gasteiger partial charge in [-0.05, 0) is 25.7 Å². The Morgan fingerprint density at radius 2 is 1.76 bits per heavy atom. The summed E-state index contributed by atoms with van der Waals surface area (Å²) in [6, 6.07) is -0.273. The van der Waals surface area contributed by atoms with Crippen LogP contribution in [0.4, 0.5) is 13.2 Å². The summed E-state index contributed by atoms with van der Waals surface area (Å²) in [6.45, 7) is 2.26. The summed E-state index contributed by atoms with van der Waals surface area (Å²) < 4.78 is 37.2. The van der Waals surface area contributed by atoms with E-state index in [1.807, 2.05) is 0 Å². The lowest BCUT2D eigenvalue weighted by molar-refractivity contribution is -0.166. The molecule has 1 rings (SSSR count). The van der Waals surface area contributed by atoms with E-state index in [0.29, 0.717) is 25.7 Å². The molecule has 0 aromatic rings. The number of carbonyl (C=O) groups is 1. The maximum absolute atomic E-state index is 12.4. The predicted molar refractivity (Wildman–Crippen MR) is 58.3 cm³/mol. The summed E-state index contributed by atoms with van der Waals surface area (Å²) in [6.07, 6.45) is -2.37. The standard InChI is InChI=1S/C11H19F3N2O/c1-3-10(15,4-2)9(17)16(8-5-6-8)7-11(12,13)14/h8H,3-7,15H2,1-2H3. The molecule has 0 unspecified atom stereocenters. The lowest BCUT2D eigenvalue weighted by Crippen LogP contribution is -2.57. The Morgan fingerprint density at radius 1 is 1.29 bits per heavy atom. The summed E-state index contributed by atoms with van der Waals surface area (Å²) >= 11 is 0. The molecular formula is C11H19F3N2O. The third-order valence-corrected chi connectivity index (χ3v) is 3.29. The van der Waals surface area contributed by atoms with Crippen LogP contribution in [0.3, 0.4) is 0 Å². The number of amides is 1. The second kappa shape index (κ2) is 4.84. The number of hydrogen-bond donors (Lipinski definition) is 1. The minimum absolute atomic E-state index is 0.273. The van der Waals surface area contributed by atoms with Gasteiger partial charge < -0.3 is 10.6 Å². The van der Waals surface area contributed by atoms with E-state index in [1.165, 1.54) is 0 Å². The fourth-order valence-electron chi connectivity index (χ4n) is 1.78. The van der Waals surface area contributed by atoms with Crippen molar-refractivity contribution >= 4 is 5.91 Å². The normalized spacial score (nSPS) is 17.1. The molecule has 0 atom stereocenters. The quantitative estimate of drug-likeness (QED) is 0.814. The van der Waals surface area contributed by atoms with Crippen LogP contribution in [-0.4, -0.2) is 35.1 Å². The van der Waals surface area contributed by atoms with Gasteiger partial charge >= 0.3 is 6.18 Å². The van der Waals surface area contributed by atoms with E-state index in [2.05, 4.69) is 0 Å². The Bertz CT molecular complexity index is 283. The molecule has 6 heteroatoms. The van der Waals surface area contributed by atoms with Gasteiger partial charge in [-0.1, -0.05) is 13.8 Å². The molecule has 0 aromatic heterocycles. The first-order valence-electron chi connectivity index (χ1n) is 5.90. The number of nitrogens with two attached hydrogens (primary N) is 1. The van der Waals surface area contributed by atoms with E-state index >= 15 is 0 Å². The maximum atomic E-state index is 12.4. The Labute approximate surface area is 99.1 Å². The van der Waals surface area contributed by atoms with E-state index in [9.17, 15) is 18.0 Å². The van der Waals surface area contributed by atoms with Crippen molar-refractivity contribution in [3.8, 4) is 0 Å². The van der Waals surface area contributed by atoms with Crippen LogP contribution < -0.4 is 5.73 Å². The van der Waals surface area contributed by atoms with Crippen molar-refractivity contribution in [3.05, 3.63) is 0 Å². The van der Waals surface area contributed by atoms with Gasteiger partial charge in [-0.25, -0.2) is 0 Å². The van der Waals surface area contributed by atoms with Crippen molar-refractivity contribution in [1.82, 2.24) is 4.90 Å². The van der Waals surface area contributed by atoms with Gasteiger partial charge in [0.25, 0.3) is 0 Å². The fourth-order valence-corrected chi connectivity index (χ4v) is 1.78. The maximum Gasteiger partial charge on any atom is 0.406 e. The van der Waals surface area contributed by atoms with Crippen molar-refractivity contribution in [2.45, 2.75) is 57.3 Å². The highest BCUT2D eigenvalue weighted by Crippen LogP contribution is 2.32. The summed E-state index contributed by atoms with van der Waals surface area (Å²) in [7, 11) is 0. The predicted octanol–water partition coefficient (Wildman–Crippen LogP) is 2.06. The summed E-state index contributed by atoms with van der Waals surface area (Å²) in [5, 5.41) is 0. The molecule has 17 heavy (non-hydrogen) atoms. The molecule has 0 aliphatic heterocycles. The number of rotatable bonds is 5. The highest BCUT2D eigenvalue weighted by molar-refractivity contribution is 5.86. The van der Waals surface area contributed by atoms with E-state index in [-0.39, 0.29) is 6.04 Å². The summed E-state index contributed by atoms with van der Waals surface area (Å²) in [4.78, 5) is 13.0. The third-order valence-electron chi connectivity index (χ3n) is 3.29. The smallest absolute Gasteiger partial charge is 0.329 e. The van der Waals surface area contributed by atoms with Crippen LogP contribution in [-0.2, 0) is 4.79 Å². The topological polar surface area (TPSA) is 46.3 Å². The zero-order valence-corrected chi connectivity index (χ0v) is 10.2. The van der Waals surface area contributed by atoms with Crippen molar-refractivity contribution in [2.75, 3.05) is 6.54 Å². The molecule has 100 valence electrons. The van der Waals surface area contributed by atoms with Crippen LogP contribution in [0.2, 0.25) is 0 Å². The minimum Gasteiger partial charge on any atom is -0.329 e. The second-order valence-corrected chi connectivity index (χ2v) is 4.64. The zero-order chi connectivity index (χ0) is 13.3. The molecule has 3 nitrogen and oxygen atoms in total. The van der Waals surface area contributed by atoms with Crippen LogP contribution >= 0.6 is 0 Å². The molecule has 0 radical (unpaired) electrons. The molecule has 1 aliphatic carbocycles. The van der Waals surface area contributed by atoms with E-state index in [0.717, 1.165) is 4.90 Å². The highest BCUT2D eigenvalue weighted by atomic mass is 19.4. The molecule has 1 fully saturated rings. The second-order valence-electron chi connectivity index (χ2n) is 4.64. The molecule has 1 amide bonds. The zero-order valence-electron chi connectivity index (χ0n) is 10.2. The van der Waals surface area contributed by atoms with Gasteiger partial charge in [0.15, 0.2) is 0 Å². The lowest BCUT2D eigenvalue weighted by atomic mass is 9.92. The SMILES string of the molecule is CCC(N)(CC)C(=O)N(CC(F)(F)F)C1CC1. The Morgan fingerprint density at radius 3 is 2.06 bits per heavy atom. The number of halogens is 3. The lowest BCUT2D eigenvalue weighted by Gasteiger charge is -2.33. The molecule has 0 bridgehead atoms. The molecule has 1 saturated carbocycles. The summed E-state index contributed by atoms with van der Waals surface area (Å²) in [5.74, 6) is -0.567. The number of nitrogens with zero attached hydrogens (tertiary/aromatic N) is 1.